The van der Waals surface area contributed by atoms with Crippen LogP contribution in [0.25, 0.3) is 0 Å². The van der Waals surface area contributed by atoms with E-state index in [4.69, 9.17) is 17.3 Å². The summed E-state index contributed by atoms with van der Waals surface area (Å²) in [7, 11) is 0. The molecule has 0 saturated heterocycles. The van der Waals surface area contributed by atoms with Crippen LogP contribution in [-0.4, -0.2) is 0 Å². The Labute approximate surface area is 122 Å². The number of benzene rings is 2. The molecule has 0 aliphatic heterocycles. The molecule has 0 spiro atoms. The van der Waals surface area contributed by atoms with Gasteiger partial charge in [-0.2, -0.15) is 0 Å². The van der Waals surface area contributed by atoms with Gasteiger partial charge in [0.05, 0.1) is 6.04 Å². The van der Waals surface area contributed by atoms with Crippen molar-refractivity contribution in [3.63, 3.8) is 0 Å². The molecule has 0 aromatic heterocycles. The summed E-state index contributed by atoms with van der Waals surface area (Å²) >= 11 is 7.67. The maximum atomic E-state index is 13.8. The standard InChI is InChI=1S/C13H9ClF2IN/c14-7-1-3-9(11(16)5-7)13(18)10-4-2-8(15)6-12(10)17/h1-6,13H,18H2. The molecule has 0 aliphatic rings. The molecular formula is C13H9ClF2IN. The van der Waals surface area contributed by atoms with Gasteiger partial charge in [0.15, 0.2) is 0 Å². The van der Waals surface area contributed by atoms with Gasteiger partial charge in [0.25, 0.3) is 0 Å². The first-order valence-corrected chi connectivity index (χ1v) is 6.60. The lowest BCUT2D eigenvalue weighted by molar-refractivity contribution is 0.598. The first-order valence-electron chi connectivity index (χ1n) is 5.14. The summed E-state index contributed by atoms with van der Waals surface area (Å²) in [6.45, 7) is 0. The van der Waals surface area contributed by atoms with Crippen LogP contribution in [0.3, 0.4) is 0 Å². The van der Waals surface area contributed by atoms with Gasteiger partial charge in [-0.15, -0.1) is 0 Å². The Morgan fingerprint density at radius 1 is 1.06 bits per heavy atom. The van der Waals surface area contributed by atoms with E-state index in [2.05, 4.69) is 0 Å². The Hall–Kier alpha value is -0.720. The van der Waals surface area contributed by atoms with Gasteiger partial charge >= 0.3 is 0 Å². The third kappa shape index (κ3) is 2.81. The van der Waals surface area contributed by atoms with E-state index < -0.39 is 11.9 Å². The van der Waals surface area contributed by atoms with E-state index in [1.165, 1.54) is 18.2 Å². The highest BCUT2D eigenvalue weighted by Gasteiger charge is 2.16. The van der Waals surface area contributed by atoms with Crippen LogP contribution in [0.4, 0.5) is 8.78 Å². The normalized spacial score (nSPS) is 12.5. The van der Waals surface area contributed by atoms with Crippen molar-refractivity contribution >= 4 is 34.2 Å². The smallest absolute Gasteiger partial charge is 0.129 e. The molecule has 2 rings (SSSR count). The van der Waals surface area contributed by atoms with Gasteiger partial charge in [0.2, 0.25) is 0 Å². The minimum absolute atomic E-state index is 0.317. The molecule has 1 atom stereocenters. The predicted octanol–water partition coefficient (Wildman–Crippen LogP) is 4.27. The summed E-state index contributed by atoms with van der Waals surface area (Å²) in [4.78, 5) is 0. The van der Waals surface area contributed by atoms with Crippen molar-refractivity contribution in [2.45, 2.75) is 6.04 Å². The van der Waals surface area contributed by atoms with E-state index >= 15 is 0 Å². The molecule has 2 N–H and O–H groups in total. The monoisotopic (exact) mass is 379 g/mol. The maximum Gasteiger partial charge on any atom is 0.129 e. The molecule has 0 saturated carbocycles. The van der Waals surface area contributed by atoms with Crippen molar-refractivity contribution in [1.82, 2.24) is 0 Å². The molecule has 18 heavy (non-hydrogen) atoms. The molecule has 0 bridgehead atoms. The number of halogens is 4. The third-order valence-electron chi connectivity index (χ3n) is 2.60. The van der Waals surface area contributed by atoms with Crippen molar-refractivity contribution < 1.29 is 8.78 Å². The van der Waals surface area contributed by atoms with Crippen molar-refractivity contribution in [1.29, 1.82) is 0 Å². The van der Waals surface area contributed by atoms with Crippen molar-refractivity contribution in [2.75, 3.05) is 0 Å². The highest BCUT2D eigenvalue weighted by atomic mass is 127. The van der Waals surface area contributed by atoms with E-state index in [0.717, 1.165) is 0 Å². The minimum atomic E-state index is -0.644. The van der Waals surface area contributed by atoms with Crippen LogP contribution in [0.2, 0.25) is 5.02 Å². The fourth-order valence-electron chi connectivity index (χ4n) is 1.67. The largest absolute Gasteiger partial charge is 0.320 e. The molecule has 0 fully saturated rings. The van der Waals surface area contributed by atoms with E-state index in [1.807, 2.05) is 22.6 Å². The fraction of sp³-hybridized carbons (Fsp3) is 0.0769. The van der Waals surface area contributed by atoms with Crippen LogP contribution < -0.4 is 5.73 Å². The molecule has 94 valence electrons. The van der Waals surface area contributed by atoms with Crippen LogP contribution in [-0.2, 0) is 0 Å². The van der Waals surface area contributed by atoms with Crippen molar-refractivity contribution in [3.05, 3.63) is 67.8 Å². The number of rotatable bonds is 2. The number of hydrogen-bond acceptors (Lipinski definition) is 1. The Balaban J connectivity index is 2.44. The number of hydrogen-bond donors (Lipinski definition) is 1. The average molecular weight is 380 g/mol. The van der Waals surface area contributed by atoms with Gasteiger partial charge in [-0.25, -0.2) is 8.78 Å². The van der Waals surface area contributed by atoms with Crippen LogP contribution in [0.1, 0.15) is 17.2 Å². The summed E-state index contributed by atoms with van der Waals surface area (Å²) in [5.74, 6) is -0.804. The quantitative estimate of drug-likeness (QED) is 0.775. The highest BCUT2D eigenvalue weighted by molar-refractivity contribution is 14.1. The Morgan fingerprint density at radius 3 is 2.33 bits per heavy atom. The second-order valence-corrected chi connectivity index (χ2v) is 5.41. The number of nitrogens with two attached hydrogens (primary N) is 1. The zero-order chi connectivity index (χ0) is 13.3. The molecule has 1 unspecified atom stereocenters. The molecule has 5 heteroatoms. The Bertz CT molecular complexity index is 538. The lowest BCUT2D eigenvalue weighted by atomic mass is 9.99. The van der Waals surface area contributed by atoms with Crippen LogP contribution >= 0.6 is 34.2 Å². The zero-order valence-corrected chi connectivity index (χ0v) is 12.0. The molecular weight excluding hydrogens is 371 g/mol. The summed E-state index contributed by atoms with van der Waals surface area (Å²) in [6, 6.07) is 7.94. The highest BCUT2D eigenvalue weighted by Crippen LogP contribution is 2.27. The first kappa shape index (κ1) is 13.7. The van der Waals surface area contributed by atoms with Crippen LogP contribution in [0.15, 0.2) is 36.4 Å². The van der Waals surface area contributed by atoms with Gasteiger partial charge in [-0.3, -0.25) is 0 Å². The molecule has 0 heterocycles. The average Bonchev–Trinajstić information content (AvgIpc) is 2.28. The van der Waals surface area contributed by atoms with E-state index in [9.17, 15) is 8.78 Å². The van der Waals surface area contributed by atoms with Gasteiger partial charge in [-0.05, 0) is 52.4 Å². The molecule has 0 amide bonds. The van der Waals surface area contributed by atoms with Crippen molar-refractivity contribution in [2.24, 2.45) is 5.73 Å². The SMILES string of the molecule is NC(c1ccc(Cl)cc1F)c1ccc(F)cc1I. The maximum absolute atomic E-state index is 13.8. The van der Waals surface area contributed by atoms with Crippen molar-refractivity contribution in [3.8, 4) is 0 Å². The first-order chi connectivity index (χ1) is 8.49. The second kappa shape index (κ2) is 5.50. The Kier molecular flexibility index (Phi) is 4.19. The second-order valence-electron chi connectivity index (χ2n) is 3.81. The fourth-order valence-corrected chi connectivity index (χ4v) is 2.65. The topological polar surface area (TPSA) is 26.0 Å². The molecule has 2 aromatic rings. The van der Waals surface area contributed by atoms with E-state index in [1.54, 1.807) is 18.2 Å². The predicted molar refractivity (Wildman–Crippen MR) is 76.6 cm³/mol. The van der Waals surface area contributed by atoms with Crippen LogP contribution in [0.5, 0.6) is 0 Å². The molecule has 2 aromatic carbocycles. The zero-order valence-electron chi connectivity index (χ0n) is 9.13. The third-order valence-corrected chi connectivity index (χ3v) is 3.76. The lowest BCUT2D eigenvalue weighted by Crippen LogP contribution is -2.15. The van der Waals surface area contributed by atoms with Gasteiger partial charge < -0.3 is 5.73 Å². The van der Waals surface area contributed by atoms with E-state index in [0.29, 0.717) is 19.7 Å². The lowest BCUT2D eigenvalue weighted by Gasteiger charge is -2.15. The van der Waals surface area contributed by atoms with Gasteiger partial charge in [0, 0.05) is 14.2 Å². The summed E-state index contributed by atoms with van der Waals surface area (Å²) in [6.07, 6.45) is 0. The Morgan fingerprint density at radius 2 is 1.72 bits per heavy atom. The van der Waals surface area contributed by atoms with Crippen LogP contribution in [0, 0.1) is 15.2 Å². The van der Waals surface area contributed by atoms with E-state index in [-0.39, 0.29) is 5.82 Å². The molecule has 0 radical (unpaired) electrons. The van der Waals surface area contributed by atoms with Gasteiger partial charge in [0.1, 0.15) is 11.6 Å². The van der Waals surface area contributed by atoms with Gasteiger partial charge in [-0.1, -0.05) is 23.7 Å². The summed E-state index contributed by atoms with van der Waals surface area (Å²) in [5.41, 5.74) is 7.02. The molecule has 1 nitrogen and oxygen atoms in total. The minimum Gasteiger partial charge on any atom is -0.320 e. The summed E-state index contributed by atoms with van der Waals surface area (Å²) < 4.78 is 27.4. The summed E-state index contributed by atoms with van der Waals surface area (Å²) in [5, 5.41) is 0.317. The molecule has 0 aliphatic carbocycles.